The Morgan fingerprint density at radius 3 is 1.75 bits per heavy atom. The maximum atomic E-state index is 6.50. The summed E-state index contributed by atoms with van der Waals surface area (Å²) in [5.41, 5.74) is 9.02. The Hall–Kier alpha value is -0.860. The number of rotatable bonds is 7. The predicted octanol–water partition coefficient (Wildman–Crippen LogP) is 4.00. The third kappa shape index (κ3) is 5.26. The average Bonchev–Trinajstić information content (AvgIpc) is 2.36. The SMILES string of the molecule is Cc1ccc(C(N)C(C)N(CC(C)C)CC(C)C)cc1. The molecule has 0 aliphatic rings. The summed E-state index contributed by atoms with van der Waals surface area (Å²) in [6.45, 7) is 15.7. The fraction of sp³-hybridized carbons (Fsp3) is 0.667. The quantitative estimate of drug-likeness (QED) is 0.815. The molecule has 0 bridgehead atoms. The standard InChI is InChI=1S/C18H32N2/c1-13(2)11-20(12-14(3)4)16(6)18(19)17-9-7-15(5)8-10-17/h7-10,13-14,16,18H,11-12,19H2,1-6H3. The normalized spacial score (nSPS) is 15.1. The lowest BCUT2D eigenvalue weighted by Gasteiger charge is -2.35. The molecule has 1 aromatic carbocycles. The molecular formula is C18H32N2. The molecule has 0 aromatic heterocycles. The van der Waals surface area contributed by atoms with E-state index in [2.05, 4.69) is 70.7 Å². The second-order valence-corrected chi connectivity index (χ2v) is 6.92. The van der Waals surface area contributed by atoms with Crippen molar-refractivity contribution in [3.8, 4) is 0 Å². The smallest absolute Gasteiger partial charge is 0.0450 e. The van der Waals surface area contributed by atoms with E-state index < -0.39 is 0 Å². The van der Waals surface area contributed by atoms with E-state index in [1.807, 2.05) is 0 Å². The van der Waals surface area contributed by atoms with Crippen molar-refractivity contribution in [1.82, 2.24) is 4.90 Å². The predicted molar refractivity (Wildman–Crippen MR) is 88.8 cm³/mol. The monoisotopic (exact) mass is 276 g/mol. The molecule has 0 aliphatic heterocycles. The summed E-state index contributed by atoms with van der Waals surface area (Å²) >= 11 is 0. The molecule has 2 heteroatoms. The first-order valence-electron chi connectivity index (χ1n) is 7.87. The lowest BCUT2D eigenvalue weighted by molar-refractivity contribution is 0.147. The molecule has 0 heterocycles. The summed E-state index contributed by atoms with van der Waals surface area (Å²) in [6.07, 6.45) is 0. The Bertz CT molecular complexity index is 371. The van der Waals surface area contributed by atoms with Crippen LogP contribution in [0.4, 0.5) is 0 Å². The van der Waals surface area contributed by atoms with Crippen LogP contribution in [0.1, 0.15) is 51.8 Å². The molecule has 20 heavy (non-hydrogen) atoms. The summed E-state index contributed by atoms with van der Waals surface area (Å²) in [5.74, 6) is 1.34. The maximum Gasteiger partial charge on any atom is 0.0450 e. The van der Waals surface area contributed by atoms with Crippen LogP contribution in [0.5, 0.6) is 0 Å². The van der Waals surface area contributed by atoms with Crippen molar-refractivity contribution in [1.29, 1.82) is 0 Å². The van der Waals surface area contributed by atoms with Gasteiger partial charge in [-0.25, -0.2) is 0 Å². The van der Waals surface area contributed by atoms with E-state index in [-0.39, 0.29) is 6.04 Å². The van der Waals surface area contributed by atoms with E-state index in [1.54, 1.807) is 0 Å². The van der Waals surface area contributed by atoms with Gasteiger partial charge in [-0.3, -0.25) is 4.90 Å². The van der Waals surface area contributed by atoms with Crippen LogP contribution in [0.3, 0.4) is 0 Å². The molecule has 0 radical (unpaired) electrons. The topological polar surface area (TPSA) is 29.3 Å². The van der Waals surface area contributed by atoms with E-state index in [9.17, 15) is 0 Å². The lowest BCUT2D eigenvalue weighted by Crippen LogP contribution is -2.44. The first-order chi connectivity index (χ1) is 9.31. The van der Waals surface area contributed by atoms with Gasteiger partial charge in [0.05, 0.1) is 0 Å². The van der Waals surface area contributed by atoms with Crippen LogP contribution in [0.2, 0.25) is 0 Å². The number of hydrogen-bond acceptors (Lipinski definition) is 2. The minimum atomic E-state index is 0.0769. The van der Waals surface area contributed by atoms with Gasteiger partial charge in [0.2, 0.25) is 0 Å². The van der Waals surface area contributed by atoms with Gasteiger partial charge in [-0.15, -0.1) is 0 Å². The van der Waals surface area contributed by atoms with Crippen molar-refractivity contribution in [2.75, 3.05) is 13.1 Å². The summed E-state index contributed by atoms with van der Waals surface area (Å²) in [7, 11) is 0. The molecule has 114 valence electrons. The Kier molecular flexibility index (Phi) is 6.70. The Morgan fingerprint density at radius 2 is 1.35 bits per heavy atom. The summed E-state index contributed by atoms with van der Waals surface area (Å²) in [5, 5.41) is 0. The van der Waals surface area contributed by atoms with Gasteiger partial charge < -0.3 is 5.73 Å². The van der Waals surface area contributed by atoms with Gasteiger partial charge in [0.25, 0.3) is 0 Å². The zero-order valence-electron chi connectivity index (χ0n) is 14.1. The van der Waals surface area contributed by atoms with Gasteiger partial charge in [-0.1, -0.05) is 57.5 Å². The Labute approximate surface area is 125 Å². The molecule has 0 saturated heterocycles. The van der Waals surface area contributed by atoms with Crippen molar-refractivity contribution in [3.05, 3.63) is 35.4 Å². The second kappa shape index (κ2) is 7.80. The van der Waals surface area contributed by atoms with Crippen LogP contribution in [0.25, 0.3) is 0 Å². The number of aryl methyl sites for hydroxylation is 1. The number of nitrogens with zero attached hydrogens (tertiary/aromatic N) is 1. The van der Waals surface area contributed by atoms with E-state index in [0.717, 1.165) is 13.1 Å². The molecule has 0 aliphatic carbocycles. The molecule has 2 unspecified atom stereocenters. The van der Waals surface area contributed by atoms with Crippen LogP contribution >= 0.6 is 0 Å². The van der Waals surface area contributed by atoms with Crippen molar-refractivity contribution in [2.45, 2.75) is 53.6 Å². The first kappa shape index (κ1) is 17.2. The first-order valence-corrected chi connectivity index (χ1v) is 7.87. The van der Waals surface area contributed by atoms with Crippen molar-refractivity contribution in [3.63, 3.8) is 0 Å². The lowest BCUT2D eigenvalue weighted by atomic mass is 9.97. The van der Waals surface area contributed by atoms with Gasteiger partial charge in [0, 0.05) is 25.2 Å². The molecule has 0 fully saturated rings. The Morgan fingerprint density at radius 1 is 0.900 bits per heavy atom. The van der Waals surface area contributed by atoms with Crippen LogP contribution in [0, 0.1) is 18.8 Å². The molecular weight excluding hydrogens is 244 g/mol. The highest BCUT2D eigenvalue weighted by molar-refractivity contribution is 5.24. The van der Waals surface area contributed by atoms with Crippen LogP contribution in [-0.4, -0.2) is 24.0 Å². The molecule has 2 atom stereocenters. The molecule has 0 spiro atoms. The second-order valence-electron chi connectivity index (χ2n) is 6.92. The fourth-order valence-electron chi connectivity index (χ4n) is 2.64. The average molecular weight is 276 g/mol. The minimum absolute atomic E-state index is 0.0769. The highest BCUT2D eigenvalue weighted by Gasteiger charge is 2.23. The van der Waals surface area contributed by atoms with Gasteiger partial charge in [0.1, 0.15) is 0 Å². The number of hydrogen-bond donors (Lipinski definition) is 1. The van der Waals surface area contributed by atoms with Crippen molar-refractivity contribution in [2.24, 2.45) is 17.6 Å². The van der Waals surface area contributed by atoms with Crippen LogP contribution in [-0.2, 0) is 0 Å². The summed E-state index contributed by atoms with van der Waals surface area (Å²) < 4.78 is 0. The molecule has 0 amide bonds. The third-order valence-electron chi connectivity index (χ3n) is 3.76. The molecule has 0 saturated carbocycles. The van der Waals surface area contributed by atoms with Gasteiger partial charge in [-0.2, -0.15) is 0 Å². The van der Waals surface area contributed by atoms with E-state index in [4.69, 9.17) is 5.73 Å². The van der Waals surface area contributed by atoms with Crippen LogP contribution < -0.4 is 5.73 Å². The third-order valence-corrected chi connectivity index (χ3v) is 3.76. The fourth-order valence-corrected chi connectivity index (χ4v) is 2.64. The van der Waals surface area contributed by atoms with Crippen molar-refractivity contribution < 1.29 is 0 Å². The largest absolute Gasteiger partial charge is 0.323 e. The van der Waals surface area contributed by atoms with Crippen LogP contribution in [0.15, 0.2) is 24.3 Å². The number of benzene rings is 1. The Balaban J connectivity index is 2.81. The van der Waals surface area contributed by atoms with Gasteiger partial charge in [0.15, 0.2) is 0 Å². The maximum absolute atomic E-state index is 6.50. The zero-order chi connectivity index (χ0) is 15.3. The molecule has 1 aromatic rings. The highest BCUT2D eigenvalue weighted by atomic mass is 15.2. The molecule has 2 nitrogen and oxygen atoms in total. The van der Waals surface area contributed by atoms with Gasteiger partial charge >= 0.3 is 0 Å². The van der Waals surface area contributed by atoms with Crippen molar-refractivity contribution >= 4 is 0 Å². The van der Waals surface area contributed by atoms with E-state index in [0.29, 0.717) is 17.9 Å². The summed E-state index contributed by atoms with van der Waals surface area (Å²) in [4.78, 5) is 2.54. The summed E-state index contributed by atoms with van der Waals surface area (Å²) in [6, 6.07) is 9.07. The van der Waals surface area contributed by atoms with Gasteiger partial charge in [-0.05, 0) is 31.2 Å². The van der Waals surface area contributed by atoms with E-state index in [1.165, 1.54) is 11.1 Å². The van der Waals surface area contributed by atoms with E-state index >= 15 is 0 Å². The highest BCUT2D eigenvalue weighted by Crippen LogP contribution is 2.21. The molecule has 1 rings (SSSR count). The number of nitrogens with two attached hydrogens (primary N) is 1. The molecule has 2 N–H and O–H groups in total. The minimum Gasteiger partial charge on any atom is -0.323 e. The zero-order valence-corrected chi connectivity index (χ0v) is 14.1.